The van der Waals surface area contributed by atoms with Crippen LogP contribution in [0, 0.1) is 12.8 Å². The van der Waals surface area contributed by atoms with Gasteiger partial charge in [-0.25, -0.2) is 0 Å². The predicted octanol–water partition coefficient (Wildman–Crippen LogP) is 3.17. The fourth-order valence-corrected chi connectivity index (χ4v) is 2.66. The maximum Gasteiger partial charge on any atom is 0.137 e. The van der Waals surface area contributed by atoms with E-state index in [0.29, 0.717) is 5.92 Å². The molecule has 1 fully saturated rings. The number of hydrogen-bond acceptors (Lipinski definition) is 3. The first-order valence-corrected chi connectivity index (χ1v) is 6.56. The van der Waals surface area contributed by atoms with E-state index in [4.69, 9.17) is 14.9 Å². The smallest absolute Gasteiger partial charge is 0.137 e. The SMILES string of the molecule is Cc1cccc2cc(C(N)CC3CCOC3)oc12. The van der Waals surface area contributed by atoms with Crippen molar-refractivity contribution in [1.82, 2.24) is 0 Å². The second-order valence-corrected chi connectivity index (χ2v) is 5.21. The molecule has 2 aromatic rings. The molecule has 1 aromatic heterocycles. The number of ether oxygens (including phenoxy) is 1. The molecule has 0 aliphatic carbocycles. The molecule has 3 heteroatoms. The Morgan fingerprint density at radius 3 is 3.06 bits per heavy atom. The number of fused-ring (bicyclic) bond motifs is 1. The van der Waals surface area contributed by atoms with Gasteiger partial charge in [0.1, 0.15) is 11.3 Å². The summed E-state index contributed by atoms with van der Waals surface area (Å²) in [5.74, 6) is 1.47. The molecule has 3 rings (SSSR count). The second-order valence-electron chi connectivity index (χ2n) is 5.21. The van der Waals surface area contributed by atoms with E-state index < -0.39 is 0 Å². The summed E-state index contributed by atoms with van der Waals surface area (Å²) in [6, 6.07) is 8.23. The first-order valence-electron chi connectivity index (χ1n) is 6.56. The number of rotatable bonds is 3. The molecular weight excluding hydrogens is 226 g/mol. The zero-order chi connectivity index (χ0) is 12.5. The van der Waals surface area contributed by atoms with Gasteiger partial charge in [0.15, 0.2) is 0 Å². The van der Waals surface area contributed by atoms with Crippen molar-refractivity contribution >= 4 is 11.0 Å². The lowest BCUT2D eigenvalue weighted by Crippen LogP contribution is -2.14. The standard InChI is InChI=1S/C15H19NO2/c1-10-3-2-4-12-8-14(18-15(10)12)13(16)7-11-5-6-17-9-11/h2-4,8,11,13H,5-7,9,16H2,1H3. The van der Waals surface area contributed by atoms with Gasteiger partial charge in [-0.3, -0.25) is 0 Å². The molecule has 2 heterocycles. The molecule has 18 heavy (non-hydrogen) atoms. The van der Waals surface area contributed by atoms with Crippen molar-refractivity contribution in [2.45, 2.75) is 25.8 Å². The van der Waals surface area contributed by atoms with Gasteiger partial charge < -0.3 is 14.9 Å². The fourth-order valence-electron chi connectivity index (χ4n) is 2.66. The topological polar surface area (TPSA) is 48.4 Å². The average Bonchev–Trinajstić information content (AvgIpc) is 2.97. The Kier molecular flexibility index (Phi) is 3.10. The number of nitrogens with two attached hydrogens (primary N) is 1. The lowest BCUT2D eigenvalue weighted by molar-refractivity contribution is 0.182. The van der Waals surface area contributed by atoms with Crippen molar-refractivity contribution < 1.29 is 9.15 Å². The van der Waals surface area contributed by atoms with E-state index >= 15 is 0 Å². The van der Waals surface area contributed by atoms with Crippen LogP contribution in [-0.4, -0.2) is 13.2 Å². The molecule has 1 aliphatic rings. The lowest BCUT2D eigenvalue weighted by atomic mass is 9.98. The molecule has 0 amide bonds. The van der Waals surface area contributed by atoms with E-state index in [1.165, 1.54) is 0 Å². The summed E-state index contributed by atoms with van der Waals surface area (Å²) >= 11 is 0. The fraction of sp³-hybridized carbons (Fsp3) is 0.467. The molecule has 2 N–H and O–H groups in total. The first kappa shape index (κ1) is 11.8. The first-order chi connectivity index (χ1) is 8.74. The van der Waals surface area contributed by atoms with Gasteiger partial charge in [0.2, 0.25) is 0 Å². The third-order valence-electron chi connectivity index (χ3n) is 3.74. The Balaban J connectivity index is 1.82. The maximum absolute atomic E-state index is 6.24. The minimum Gasteiger partial charge on any atom is -0.459 e. The summed E-state index contributed by atoms with van der Waals surface area (Å²) in [4.78, 5) is 0. The maximum atomic E-state index is 6.24. The lowest BCUT2D eigenvalue weighted by Gasteiger charge is -2.12. The Labute approximate surface area is 107 Å². The molecule has 96 valence electrons. The van der Waals surface area contributed by atoms with Gasteiger partial charge in [-0.15, -0.1) is 0 Å². The zero-order valence-corrected chi connectivity index (χ0v) is 10.7. The molecule has 0 radical (unpaired) electrons. The third kappa shape index (κ3) is 2.16. The van der Waals surface area contributed by atoms with Crippen molar-refractivity contribution in [3.05, 3.63) is 35.6 Å². The number of furan rings is 1. The van der Waals surface area contributed by atoms with Crippen LogP contribution < -0.4 is 5.73 Å². The molecule has 2 atom stereocenters. The van der Waals surface area contributed by atoms with Gasteiger partial charge in [-0.05, 0) is 37.3 Å². The molecule has 1 aromatic carbocycles. The highest BCUT2D eigenvalue weighted by Gasteiger charge is 2.21. The van der Waals surface area contributed by atoms with Gasteiger partial charge in [0.05, 0.1) is 6.04 Å². The van der Waals surface area contributed by atoms with Gasteiger partial charge in [0.25, 0.3) is 0 Å². The van der Waals surface area contributed by atoms with E-state index in [9.17, 15) is 0 Å². The molecule has 1 saturated heterocycles. The van der Waals surface area contributed by atoms with Crippen LogP contribution in [0.4, 0.5) is 0 Å². The summed E-state index contributed by atoms with van der Waals surface area (Å²) in [6.45, 7) is 3.77. The van der Waals surface area contributed by atoms with Crippen molar-refractivity contribution in [2.75, 3.05) is 13.2 Å². The van der Waals surface area contributed by atoms with Crippen molar-refractivity contribution in [2.24, 2.45) is 11.7 Å². The van der Waals surface area contributed by atoms with Crippen LogP contribution >= 0.6 is 0 Å². The summed E-state index contributed by atoms with van der Waals surface area (Å²) < 4.78 is 11.3. The molecular formula is C15H19NO2. The molecule has 0 bridgehead atoms. The Hall–Kier alpha value is -1.32. The molecule has 1 aliphatic heterocycles. The van der Waals surface area contributed by atoms with Crippen LogP contribution in [0.3, 0.4) is 0 Å². The summed E-state index contributed by atoms with van der Waals surface area (Å²) in [5.41, 5.74) is 8.37. The highest BCUT2D eigenvalue weighted by atomic mass is 16.5. The largest absolute Gasteiger partial charge is 0.459 e. The third-order valence-corrected chi connectivity index (χ3v) is 3.74. The van der Waals surface area contributed by atoms with Crippen LogP contribution in [0.5, 0.6) is 0 Å². The van der Waals surface area contributed by atoms with Crippen LogP contribution in [0.1, 0.15) is 30.2 Å². The molecule has 3 nitrogen and oxygen atoms in total. The molecule has 0 spiro atoms. The Bertz CT molecular complexity index is 540. The Morgan fingerprint density at radius 2 is 2.33 bits per heavy atom. The van der Waals surface area contributed by atoms with Crippen molar-refractivity contribution in [1.29, 1.82) is 0 Å². The van der Waals surface area contributed by atoms with Crippen LogP contribution in [0.2, 0.25) is 0 Å². The van der Waals surface area contributed by atoms with Crippen LogP contribution in [-0.2, 0) is 4.74 Å². The zero-order valence-electron chi connectivity index (χ0n) is 10.7. The predicted molar refractivity (Wildman–Crippen MR) is 71.4 cm³/mol. The summed E-state index contributed by atoms with van der Waals surface area (Å²) in [7, 11) is 0. The van der Waals surface area contributed by atoms with E-state index in [1.54, 1.807) is 0 Å². The van der Waals surface area contributed by atoms with Gasteiger partial charge in [-0.2, -0.15) is 0 Å². The van der Waals surface area contributed by atoms with E-state index in [-0.39, 0.29) is 6.04 Å². The average molecular weight is 245 g/mol. The van der Waals surface area contributed by atoms with E-state index in [0.717, 1.165) is 48.3 Å². The number of hydrogen-bond donors (Lipinski definition) is 1. The van der Waals surface area contributed by atoms with Gasteiger partial charge >= 0.3 is 0 Å². The highest BCUT2D eigenvalue weighted by Crippen LogP contribution is 2.30. The normalized spacial score (nSPS) is 21.6. The Morgan fingerprint density at radius 1 is 1.44 bits per heavy atom. The van der Waals surface area contributed by atoms with Gasteiger partial charge in [0, 0.05) is 18.6 Å². The van der Waals surface area contributed by atoms with E-state index in [2.05, 4.69) is 25.1 Å². The number of aryl methyl sites for hydroxylation is 1. The van der Waals surface area contributed by atoms with E-state index in [1.807, 2.05) is 6.07 Å². The highest BCUT2D eigenvalue weighted by molar-refractivity contribution is 5.80. The molecule has 0 saturated carbocycles. The monoisotopic (exact) mass is 245 g/mol. The van der Waals surface area contributed by atoms with Crippen LogP contribution in [0.15, 0.2) is 28.7 Å². The summed E-state index contributed by atoms with van der Waals surface area (Å²) in [6.07, 6.45) is 2.06. The quantitative estimate of drug-likeness (QED) is 0.903. The van der Waals surface area contributed by atoms with Crippen molar-refractivity contribution in [3.63, 3.8) is 0 Å². The number of para-hydroxylation sites is 1. The van der Waals surface area contributed by atoms with Crippen molar-refractivity contribution in [3.8, 4) is 0 Å². The number of benzene rings is 1. The molecule has 2 unspecified atom stereocenters. The second kappa shape index (κ2) is 4.75. The minimum absolute atomic E-state index is 0.0245. The summed E-state index contributed by atoms with van der Waals surface area (Å²) in [5, 5.41) is 1.14. The minimum atomic E-state index is -0.0245. The van der Waals surface area contributed by atoms with Gasteiger partial charge in [-0.1, -0.05) is 18.2 Å². The van der Waals surface area contributed by atoms with Crippen LogP contribution in [0.25, 0.3) is 11.0 Å².